The molecule has 1 atom stereocenters. The van der Waals surface area contributed by atoms with E-state index in [2.05, 4.69) is 0 Å². The van der Waals surface area contributed by atoms with E-state index in [1.807, 2.05) is 51.1 Å². The molecule has 1 aliphatic heterocycles. The van der Waals surface area contributed by atoms with Crippen molar-refractivity contribution in [3.63, 3.8) is 0 Å². The number of likely N-dealkylation sites (tertiary alicyclic amines) is 1. The fraction of sp³-hybridized carbons (Fsp3) is 0.455. The quantitative estimate of drug-likeness (QED) is 0.774. The summed E-state index contributed by atoms with van der Waals surface area (Å²) in [5.41, 5.74) is 0.299. The number of hydrogen-bond acceptors (Lipinski definition) is 4. The Labute approximate surface area is 166 Å². The molecule has 0 spiro atoms. The summed E-state index contributed by atoms with van der Waals surface area (Å²) in [5.74, 6) is 0.301. The minimum Gasteiger partial charge on any atom is -0.459 e. The van der Waals surface area contributed by atoms with Gasteiger partial charge in [0, 0.05) is 25.3 Å². The first kappa shape index (κ1) is 20.0. The molecule has 1 aromatic carbocycles. The second-order valence-corrected chi connectivity index (χ2v) is 8.16. The van der Waals surface area contributed by atoms with Crippen molar-refractivity contribution in [2.24, 2.45) is 5.92 Å². The number of rotatable bonds is 4. The molecule has 1 aliphatic rings. The van der Waals surface area contributed by atoms with Gasteiger partial charge in [0.25, 0.3) is 5.91 Å². The van der Waals surface area contributed by atoms with Crippen molar-refractivity contribution in [3.8, 4) is 0 Å². The molecule has 2 amide bonds. The molecule has 3 rings (SSSR count). The van der Waals surface area contributed by atoms with Gasteiger partial charge in [0.15, 0.2) is 5.76 Å². The number of anilines is 1. The van der Waals surface area contributed by atoms with Gasteiger partial charge < -0.3 is 19.0 Å². The summed E-state index contributed by atoms with van der Waals surface area (Å²) in [6, 6.07) is 12.9. The number of hydrogen-bond donors (Lipinski definition) is 0. The highest BCUT2D eigenvalue weighted by Gasteiger charge is 2.30. The Morgan fingerprint density at radius 2 is 1.93 bits per heavy atom. The van der Waals surface area contributed by atoms with E-state index in [9.17, 15) is 9.59 Å². The fourth-order valence-electron chi connectivity index (χ4n) is 3.41. The average Bonchev–Trinajstić information content (AvgIpc) is 3.20. The molecule has 6 nitrogen and oxygen atoms in total. The maximum atomic E-state index is 13.0. The third-order valence-electron chi connectivity index (χ3n) is 4.66. The minimum absolute atomic E-state index is 0.167. The summed E-state index contributed by atoms with van der Waals surface area (Å²) in [7, 11) is 0. The van der Waals surface area contributed by atoms with Gasteiger partial charge in [0.1, 0.15) is 5.60 Å². The lowest BCUT2D eigenvalue weighted by atomic mass is 9.97. The number of nitrogens with zero attached hydrogens (tertiary/aromatic N) is 2. The molecule has 0 N–H and O–H groups in total. The number of para-hydroxylation sites is 1. The largest absolute Gasteiger partial charge is 0.459 e. The normalized spacial score (nSPS) is 17.2. The second-order valence-electron chi connectivity index (χ2n) is 8.16. The molecule has 2 aromatic rings. The van der Waals surface area contributed by atoms with Crippen molar-refractivity contribution >= 4 is 17.7 Å². The monoisotopic (exact) mass is 384 g/mol. The second kappa shape index (κ2) is 8.50. The van der Waals surface area contributed by atoms with Crippen LogP contribution in [0.4, 0.5) is 10.5 Å². The lowest BCUT2D eigenvalue weighted by molar-refractivity contribution is 0.0170. The lowest BCUT2D eigenvalue weighted by Crippen LogP contribution is -2.46. The molecule has 1 unspecified atom stereocenters. The van der Waals surface area contributed by atoms with E-state index < -0.39 is 5.60 Å². The van der Waals surface area contributed by atoms with E-state index in [-0.39, 0.29) is 17.9 Å². The highest BCUT2D eigenvalue weighted by molar-refractivity contribution is 6.04. The molecule has 1 saturated heterocycles. The fourth-order valence-corrected chi connectivity index (χ4v) is 3.41. The first-order valence-electron chi connectivity index (χ1n) is 9.72. The Hall–Kier alpha value is -2.76. The van der Waals surface area contributed by atoms with Crippen LogP contribution in [0.3, 0.4) is 0 Å². The Kier molecular flexibility index (Phi) is 6.07. The third kappa shape index (κ3) is 5.15. The van der Waals surface area contributed by atoms with Crippen LogP contribution in [0.1, 0.15) is 44.2 Å². The first-order valence-corrected chi connectivity index (χ1v) is 9.72. The summed E-state index contributed by atoms with van der Waals surface area (Å²) < 4.78 is 10.8. The van der Waals surface area contributed by atoms with Gasteiger partial charge in [-0.15, -0.1) is 0 Å². The first-order chi connectivity index (χ1) is 13.3. The van der Waals surface area contributed by atoms with Gasteiger partial charge in [0.05, 0.1) is 6.26 Å². The summed E-state index contributed by atoms with van der Waals surface area (Å²) in [4.78, 5) is 28.9. The maximum absolute atomic E-state index is 13.0. The topological polar surface area (TPSA) is 63.0 Å². The zero-order valence-corrected chi connectivity index (χ0v) is 16.8. The Morgan fingerprint density at radius 1 is 1.18 bits per heavy atom. The van der Waals surface area contributed by atoms with Gasteiger partial charge in [-0.05, 0) is 63.8 Å². The zero-order chi connectivity index (χ0) is 20.1. The third-order valence-corrected chi connectivity index (χ3v) is 4.66. The van der Waals surface area contributed by atoms with Gasteiger partial charge in [0.2, 0.25) is 0 Å². The van der Waals surface area contributed by atoms with Crippen LogP contribution >= 0.6 is 0 Å². The van der Waals surface area contributed by atoms with E-state index in [0.29, 0.717) is 25.4 Å². The number of benzene rings is 1. The Morgan fingerprint density at radius 3 is 2.57 bits per heavy atom. The maximum Gasteiger partial charge on any atom is 0.410 e. The number of amides is 2. The summed E-state index contributed by atoms with van der Waals surface area (Å²) >= 11 is 0. The van der Waals surface area contributed by atoms with E-state index in [0.717, 1.165) is 18.5 Å². The van der Waals surface area contributed by atoms with Gasteiger partial charge in [-0.3, -0.25) is 4.79 Å². The highest BCUT2D eigenvalue weighted by Crippen LogP contribution is 2.24. The van der Waals surface area contributed by atoms with E-state index >= 15 is 0 Å². The van der Waals surface area contributed by atoms with Gasteiger partial charge >= 0.3 is 6.09 Å². The van der Waals surface area contributed by atoms with Crippen molar-refractivity contribution in [2.75, 3.05) is 24.5 Å². The van der Waals surface area contributed by atoms with Crippen molar-refractivity contribution in [3.05, 3.63) is 54.5 Å². The molecular formula is C22H28N2O4. The molecule has 6 heteroatoms. The summed E-state index contributed by atoms with van der Waals surface area (Å²) in [6.45, 7) is 7.37. The van der Waals surface area contributed by atoms with Gasteiger partial charge in [-0.1, -0.05) is 18.2 Å². The van der Waals surface area contributed by atoms with Crippen LogP contribution in [0.5, 0.6) is 0 Å². The smallest absolute Gasteiger partial charge is 0.410 e. The predicted octanol–water partition coefficient (Wildman–Crippen LogP) is 4.57. The molecule has 1 aromatic heterocycles. The van der Waals surface area contributed by atoms with E-state index in [1.54, 1.807) is 21.9 Å². The number of ether oxygens (including phenoxy) is 1. The van der Waals surface area contributed by atoms with Crippen LogP contribution in [0.2, 0.25) is 0 Å². The number of piperidine rings is 1. The number of carbonyl (C=O) groups is 2. The van der Waals surface area contributed by atoms with Crippen molar-refractivity contribution in [1.29, 1.82) is 0 Å². The van der Waals surface area contributed by atoms with Crippen LogP contribution in [-0.2, 0) is 4.74 Å². The van der Waals surface area contributed by atoms with E-state index in [4.69, 9.17) is 9.15 Å². The predicted molar refractivity (Wildman–Crippen MR) is 107 cm³/mol. The minimum atomic E-state index is -0.518. The van der Waals surface area contributed by atoms with Crippen LogP contribution in [-0.4, -0.2) is 42.1 Å². The summed E-state index contributed by atoms with van der Waals surface area (Å²) in [6.07, 6.45) is 3.05. The van der Waals surface area contributed by atoms with Crippen molar-refractivity contribution in [2.45, 2.75) is 39.2 Å². The van der Waals surface area contributed by atoms with Gasteiger partial charge in [-0.2, -0.15) is 0 Å². The summed E-state index contributed by atoms with van der Waals surface area (Å²) in [5, 5.41) is 0. The van der Waals surface area contributed by atoms with Crippen LogP contribution in [0.25, 0.3) is 0 Å². The molecule has 150 valence electrons. The lowest BCUT2D eigenvalue weighted by Gasteiger charge is -2.36. The molecule has 2 heterocycles. The standard InChI is InChI=1S/C22H28N2O4/c1-22(2,3)28-21(26)23-13-7-9-17(15-23)16-24(18-10-5-4-6-11-18)20(25)19-12-8-14-27-19/h4-6,8,10-12,14,17H,7,9,13,15-16H2,1-3H3. The molecule has 0 bridgehead atoms. The highest BCUT2D eigenvalue weighted by atomic mass is 16.6. The molecule has 0 saturated carbocycles. The molecule has 0 radical (unpaired) electrons. The molecule has 0 aliphatic carbocycles. The molecular weight excluding hydrogens is 356 g/mol. The van der Waals surface area contributed by atoms with Crippen molar-refractivity contribution < 1.29 is 18.7 Å². The average molecular weight is 384 g/mol. The van der Waals surface area contributed by atoms with E-state index in [1.165, 1.54) is 6.26 Å². The van der Waals surface area contributed by atoms with Crippen molar-refractivity contribution in [1.82, 2.24) is 4.90 Å². The zero-order valence-electron chi connectivity index (χ0n) is 16.8. The molecule has 1 fully saturated rings. The Bertz CT molecular complexity index is 781. The van der Waals surface area contributed by atoms with Crippen LogP contribution in [0.15, 0.2) is 53.1 Å². The van der Waals surface area contributed by atoms with Crippen LogP contribution in [0, 0.1) is 5.92 Å². The van der Waals surface area contributed by atoms with Crippen LogP contribution < -0.4 is 4.90 Å². The van der Waals surface area contributed by atoms with Gasteiger partial charge in [-0.25, -0.2) is 4.79 Å². The number of carbonyl (C=O) groups excluding carboxylic acids is 2. The number of furan rings is 1. The SMILES string of the molecule is CC(C)(C)OC(=O)N1CCCC(CN(C(=O)c2ccco2)c2ccccc2)C1. The Balaban J connectivity index is 1.73. The molecule has 28 heavy (non-hydrogen) atoms.